The van der Waals surface area contributed by atoms with Crippen molar-refractivity contribution in [2.75, 3.05) is 51.3 Å². The van der Waals surface area contributed by atoms with Crippen molar-refractivity contribution in [3.8, 4) is 0 Å². The fourth-order valence-electron chi connectivity index (χ4n) is 3.55. The number of hydrogen-bond donors (Lipinski definition) is 2. The number of aliphatic hydroxyl groups is 2. The molecule has 0 atom stereocenters. The predicted octanol–water partition coefficient (Wildman–Crippen LogP) is 11.3. The highest BCUT2D eigenvalue weighted by Crippen LogP contribution is 2.25. The molecule has 2 aliphatic rings. The lowest BCUT2D eigenvalue weighted by Crippen LogP contribution is -2.00. The lowest BCUT2D eigenvalue weighted by Gasteiger charge is -2.09. The number of alkyl halides is 2. The van der Waals surface area contributed by atoms with Crippen LogP contribution in [0.2, 0.25) is 0 Å². The largest absolute Gasteiger partial charge is 0.394 e. The molecule has 0 bridgehead atoms. The van der Waals surface area contributed by atoms with Gasteiger partial charge in [-0.3, -0.25) is 9.59 Å². The summed E-state index contributed by atoms with van der Waals surface area (Å²) in [7, 11) is 0. The molecule has 0 saturated carbocycles. The standard InChI is InChI=1S/2C9H9FO2.2C7H5FO.C2H6O2.2C2H6.2CH3Br.2CH4/c2*10-8-4-2-1-3-7(8)9-11-5-6-12-9;2*8-7-4-2-1-3-6(7)5-9;3-1-2-4;4*1-2;;/h2*1-4,9H,5-6H2;2*1-5H;3-4H,1-2H2;2*1-2H3;2*1H3;2*1H4. The zero-order valence-electron chi connectivity index (χ0n) is 31.4. The van der Waals surface area contributed by atoms with E-state index in [0.29, 0.717) is 50.1 Å². The summed E-state index contributed by atoms with van der Waals surface area (Å²) in [4.78, 5) is 20.0. The first-order valence-electron chi connectivity index (χ1n) is 16.7. The van der Waals surface area contributed by atoms with Gasteiger partial charge in [0.05, 0.1) is 50.8 Å². The Morgan fingerprint density at radius 2 is 0.732 bits per heavy atom. The van der Waals surface area contributed by atoms with Gasteiger partial charge >= 0.3 is 0 Å². The summed E-state index contributed by atoms with van der Waals surface area (Å²) in [5, 5.41) is 15.2. The van der Waals surface area contributed by atoms with Gasteiger partial charge in [0.2, 0.25) is 0 Å². The SMILES string of the molecule is C.C.CBr.CBr.CC.CC.Fc1ccccc1C1OCCO1.Fc1ccccc1C1OCCO1.O=Cc1ccccc1F.O=Cc1ccccc1F.OCCO. The average molecular weight is 929 g/mol. The van der Waals surface area contributed by atoms with Crippen LogP contribution in [-0.2, 0) is 18.9 Å². The number of benzene rings is 4. The maximum atomic E-state index is 13.1. The maximum Gasteiger partial charge on any atom is 0.186 e. The molecule has 2 saturated heterocycles. The van der Waals surface area contributed by atoms with Crippen LogP contribution in [0.4, 0.5) is 17.6 Å². The molecular formula is C42H60Br2F4O8. The average Bonchev–Trinajstić information content (AvgIpc) is 3.99. The highest BCUT2D eigenvalue weighted by atomic mass is 79.9. The molecule has 14 heteroatoms. The van der Waals surface area contributed by atoms with E-state index in [1.807, 2.05) is 39.4 Å². The first-order chi connectivity index (χ1) is 26.4. The van der Waals surface area contributed by atoms with Crippen LogP contribution < -0.4 is 0 Å². The Balaban J connectivity index is -0.000000188. The Labute approximate surface area is 348 Å². The van der Waals surface area contributed by atoms with Crippen LogP contribution in [0.25, 0.3) is 0 Å². The topological polar surface area (TPSA) is 112 Å². The first kappa shape index (κ1) is 61.9. The van der Waals surface area contributed by atoms with Gasteiger partial charge in [-0.15, -0.1) is 0 Å². The number of carbonyl (C=O) groups excluding carboxylic acids is 2. The van der Waals surface area contributed by atoms with E-state index in [1.165, 1.54) is 36.4 Å². The van der Waals surface area contributed by atoms with Crippen molar-refractivity contribution in [2.45, 2.75) is 55.1 Å². The highest BCUT2D eigenvalue weighted by molar-refractivity contribution is 9.09. The molecule has 0 radical (unpaired) electrons. The first-order valence-corrected chi connectivity index (χ1v) is 19.8. The number of carbonyl (C=O) groups is 2. The van der Waals surface area contributed by atoms with E-state index >= 15 is 0 Å². The summed E-state index contributed by atoms with van der Waals surface area (Å²) >= 11 is 5.88. The third kappa shape index (κ3) is 27.3. The number of halogens is 6. The minimum Gasteiger partial charge on any atom is -0.394 e. The molecule has 2 N–H and O–H groups in total. The van der Waals surface area contributed by atoms with Crippen molar-refractivity contribution in [1.82, 2.24) is 0 Å². The number of rotatable bonds is 5. The minimum atomic E-state index is -0.508. The Bertz CT molecular complexity index is 1350. The van der Waals surface area contributed by atoms with Gasteiger partial charge in [-0.05, 0) is 48.1 Å². The molecule has 0 amide bonds. The molecule has 6 rings (SSSR count). The second kappa shape index (κ2) is 44.4. The molecule has 0 unspecified atom stereocenters. The van der Waals surface area contributed by atoms with Gasteiger partial charge in [-0.1, -0.05) is 135 Å². The normalized spacial score (nSPS) is 11.8. The van der Waals surface area contributed by atoms with Gasteiger partial charge in [0.25, 0.3) is 0 Å². The van der Waals surface area contributed by atoms with Gasteiger partial charge in [0.15, 0.2) is 25.2 Å². The zero-order valence-corrected chi connectivity index (χ0v) is 34.6. The van der Waals surface area contributed by atoms with E-state index in [9.17, 15) is 27.2 Å². The third-order valence-electron chi connectivity index (χ3n) is 5.73. The Kier molecular flexibility index (Phi) is 49.0. The number of ether oxygens (including phenoxy) is 4. The molecule has 318 valence electrons. The van der Waals surface area contributed by atoms with E-state index in [0.717, 1.165) is 0 Å². The summed E-state index contributed by atoms with van der Waals surface area (Å²) in [6.07, 6.45) is -0.0256. The summed E-state index contributed by atoms with van der Waals surface area (Å²) in [5.74, 6) is 2.15. The Morgan fingerprint density at radius 1 is 0.500 bits per heavy atom. The fourth-order valence-corrected chi connectivity index (χ4v) is 3.55. The molecule has 2 heterocycles. The number of aliphatic hydroxyl groups excluding tert-OH is 2. The quantitative estimate of drug-likeness (QED) is 0.116. The van der Waals surface area contributed by atoms with Gasteiger partial charge in [-0.25, -0.2) is 17.6 Å². The number of aldehydes is 2. The van der Waals surface area contributed by atoms with Gasteiger partial charge < -0.3 is 29.2 Å². The van der Waals surface area contributed by atoms with Gasteiger partial charge in [0.1, 0.15) is 23.3 Å². The molecule has 0 spiro atoms. The monoisotopic (exact) mass is 926 g/mol. The van der Waals surface area contributed by atoms with E-state index in [1.54, 1.807) is 60.7 Å². The van der Waals surface area contributed by atoms with Gasteiger partial charge in [-0.2, -0.15) is 0 Å². The van der Waals surface area contributed by atoms with E-state index < -0.39 is 24.2 Å². The molecule has 2 fully saturated rings. The van der Waals surface area contributed by atoms with E-state index in [2.05, 4.69) is 31.9 Å². The summed E-state index contributed by atoms with van der Waals surface area (Å²) in [6, 6.07) is 24.7. The third-order valence-corrected chi connectivity index (χ3v) is 5.73. The van der Waals surface area contributed by atoms with Crippen LogP contribution in [0.5, 0.6) is 0 Å². The van der Waals surface area contributed by atoms with Crippen LogP contribution in [-0.4, -0.2) is 74.1 Å². The molecule has 56 heavy (non-hydrogen) atoms. The summed E-state index contributed by atoms with van der Waals surface area (Å²) < 4.78 is 71.5. The Morgan fingerprint density at radius 3 is 0.929 bits per heavy atom. The summed E-state index contributed by atoms with van der Waals surface area (Å²) in [5.41, 5.74) is 1.18. The van der Waals surface area contributed by atoms with E-state index in [4.69, 9.17) is 29.2 Å². The maximum absolute atomic E-state index is 13.1. The molecule has 4 aromatic carbocycles. The lowest BCUT2D eigenvalue weighted by molar-refractivity contribution is -0.0467. The number of hydrogen-bond acceptors (Lipinski definition) is 8. The lowest BCUT2D eigenvalue weighted by atomic mass is 10.2. The smallest absolute Gasteiger partial charge is 0.186 e. The zero-order chi connectivity index (χ0) is 41.6. The van der Waals surface area contributed by atoms with Crippen LogP contribution in [0.3, 0.4) is 0 Å². The van der Waals surface area contributed by atoms with Crippen molar-refractivity contribution < 1.29 is 56.3 Å². The van der Waals surface area contributed by atoms with Crippen molar-refractivity contribution in [1.29, 1.82) is 0 Å². The molecule has 8 nitrogen and oxygen atoms in total. The second-order valence-corrected chi connectivity index (χ2v) is 8.92. The fraction of sp³-hybridized carbons (Fsp3) is 0.381. The second-order valence-electron chi connectivity index (χ2n) is 8.92. The van der Waals surface area contributed by atoms with E-state index in [-0.39, 0.29) is 50.8 Å². The van der Waals surface area contributed by atoms with Crippen molar-refractivity contribution >= 4 is 44.4 Å². The Hall–Kier alpha value is -3.34. The van der Waals surface area contributed by atoms with Crippen LogP contribution in [0, 0.1) is 23.3 Å². The van der Waals surface area contributed by atoms with Crippen LogP contribution >= 0.6 is 31.9 Å². The minimum absolute atomic E-state index is 0. The molecule has 0 aromatic heterocycles. The molecular weight excluding hydrogens is 868 g/mol. The van der Waals surface area contributed by atoms with Crippen molar-refractivity contribution in [3.05, 3.63) is 143 Å². The predicted molar refractivity (Wildman–Crippen MR) is 226 cm³/mol. The molecule has 2 aliphatic heterocycles. The van der Waals surface area contributed by atoms with Crippen molar-refractivity contribution in [3.63, 3.8) is 0 Å². The van der Waals surface area contributed by atoms with Crippen LogP contribution in [0.1, 0.15) is 87.0 Å². The van der Waals surface area contributed by atoms with Crippen molar-refractivity contribution in [2.24, 2.45) is 0 Å². The van der Waals surface area contributed by atoms with Crippen LogP contribution in [0.15, 0.2) is 97.1 Å². The molecule has 4 aromatic rings. The molecule has 0 aliphatic carbocycles. The highest BCUT2D eigenvalue weighted by Gasteiger charge is 2.21. The van der Waals surface area contributed by atoms with Gasteiger partial charge in [0, 0.05) is 11.1 Å². The summed E-state index contributed by atoms with van der Waals surface area (Å²) in [6.45, 7) is 9.91.